The summed E-state index contributed by atoms with van der Waals surface area (Å²) in [5.41, 5.74) is 2.37. The molecular weight excluding hydrogens is 596 g/mol. The van der Waals surface area contributed by atoms with E-state index in [-0.39, 0.29) is 35.7 Å². The average molecular weight is 626 g/mol. The van der Waals surface area contributed by atoms with Crippen LogP contribution < -0.4 is 9.64 Å². The van der Waals surface area contributed by atoms with Crippen molar-refractivity contribution in [2.45, 2.75) is 26.3 Å². The number of carbonyl (C=O) groups excluding carboxylic acids is 3. The third-order valence-electron chi connectivity index (χ3n) is 6.99. The fourth-order valence-corrected chi connectivity index (χ4v) is 5.73. The first-order valence-corrected chi connectivity index (χ1v) is 14.2. The smallest absolute Gasteiger partial charge is 0.325 e. The van der Waals surface area contributed by atoms with Crippen LogP contribution in [-0.4, -0.2) is 70.6 Å². The fraction of sp³-hybridized carbons (Fsp3) is 0.310. The standard InChI is InChI=1S/C29H29BrN4O5S/c1-3-39-22-9-7-21(8-10-22)34-28(37)25(33(29(34)40)18-27(36)38-2)14-19-16-32(17-26(35)31-12-4-5-13-31)24-11-6-20(30)15-23(19)24/h6-11,14-16H,3-5,12-13,17-18H2,1-2H3/b25-14-. The van der Waals surface area contributed by atoms with Gasteiger partial charge >= 0.3 is 5.97 Å². The number of fused-ring (bicyclic) bond motifs is 1. The molecule has 40 heavy (non-hydrogen) atoms. The minimum atomic E-state index is -0.532. The van der Waals surface area contributed by atoms with Crippen molar-refractivity contribution in [1.29, 1.82) is 0 Å². The van der Waals surface area contributed by atoms with E-state index in [1.165, 1.54) is 16.9 Å². The van der Waals surface area contributed by atoms with Crippen molar-refractivity contribution in [3.8, 4) is 5.75 Å². The van der Waals surface area contributed by atoms with Gasteiger partial charge in [0.05, 0.1) is 19.4 Å². The lowest BCUT2D eigenvalue weighted by atomic mass is 10.1. The van der Waals surface area contributed by atoms with E-state index in [1.54, 1.807) is 30.3 Å². The average Bonchev–Trinajstić information content (AvgIpc) is 3.65. The van der Waals surface area contributed by atoms with E-state index < -0.39 is 5.97 Å². The summed E-state index contributed by atoms with van der Waals surface area (Å²) in [5.74, 6) is -0.172. The summed E-state index contributed by atoms with van der Waals surface area (Å²) in [6, 6.07) is 12.8. The number of nitrogens with zero attached hydrogens (tertiary/aromatic N) is 4. The summed E-state index contributed by atoms with van der Waals surface area (Å²) in [5, 5.41) is 1.02. The molecule has 2 aromatic carbocycles. The highest BCUT2D eigenvalue weighted by molar-refractivity contribution is 9.10. The number of thiocarbonyl (C=S) groups is 1. The lowest BCUT2D eigenvalue weighted by molar-refractivity contribution is -0.140. The lowest BCUT2D eigenvalue weighted by Crippen LogP contribution is -2.35. The van der Waals surface area contributed by atoms with Gasteiger partial charge in [-0.2, -0.15) is 0 Å². The molecule has 0 atom stereocenters. The molecule has 2 saturated heterocycles. The van der Waals surface area contributed by atoms with Crippen molar-refractivity contribution in [3.63, 3.8) is 0 Å². The normalized spacial score (nSPS) is 16.5. The SMILES string of the molecule is CCOc1ccc(N2C(=O)/C(=C/c3cn(CC(=O)N4CCCC4)c4ccc(Br)cc34)N(CC(=O)OC)C2=S)cc1. The quantitative estimate of drug-likeness (QED) is 0.206. The van der Waals surface area contributed by atoms with Crippen LogP contribution in [0.15, 0.2) is 58.8 Å². The number of aromatic nitrogens is 1. The topological polar surface area (TPSA) is 84.3 Å². The molecule has 0 spiro atoms. The first-order valence-electron chi connectivity index (χ1n) is 13.0. The number of likely N-dealkylation sites (tertiary alicyclic amines) is 1. The van der Waals surface area contributed by atoms with Gasteiger partial charge in [0, 0.05) is 40.2 Å². The molecule has 0 saturated carbocycles. The van der Waals surface area contributed by atoms with Crippen LogP contribution >= 0.6 is 28.1 Å². The Morgan fingerprint density at radius 3 is 2.48 bits per heavy atom. The molecule has 3 aromatic rings. The maximum absolute atomic E-state index is 13.8. The van der Waals surface area contributed by atoms with Crippen LogP contribution in [0.1, 0.15) is 25.3 Å². The monoisotopic (exact) mass is 624 g/mol. The number of rotatable bonds is 8. The van der Waals surface area contributed by atoms with E-state index >= 15 is 0 Å². The molecule has 0 bridgehead atoms. The predicted octanol–water partition coefficient (Wildman–Crippen LogP) is 4.57. The highest BCUT2D eigenvalue weighted by atomic mass is 79.9. The van der Waals surface area contributed by atoms with E-state index in [9.17, 15) is 14.4 Å². The third-order valence-corrected chi connectivity index (χ3v) is 7.88. The molecule has 0 aliphatic carbocycles. The zero-order valence-corrected chi connectivity index (χ0v) is 24.7. The maximum atomic E-state index is 13.8. The number of hydrogen-bond acceptors (Lipinski definition) is 6. The minimum absolute atomic E-state index is 0.0589. The number of esters is 1. The Kier molecular flexibility index (Phi) is 8.22. The van der Waals surface area contributed by atoms with Gasteiger partial charge in [-0.25, -0.2) is 0 Å². The molecule has 0 N–H and O–H groups in total. The molecule has 2 fully saturated rings. The fourth-order valence-electron chi connectivity index (χ4n) is 5.01. The molecule has 2 aliphatic rings. The number of methoxy groups -OCH3 is 1. The van der Waals surface area contributed by atoms with Gasteiger partial charge in [-0.3, -0.25) is 19.3 Å². The van der Waals surface area contributed by atoms with Crippen LogP contribution in [0, 0.1) is 0 Å². The van der Waals surface area contributed by atoms with E-state index in [2.05, 4.69) is 15.9 Å². The highest BCUT2D eigenvalue weighted by Gasteiger charge is 2.40. The number of anilines is 1. The molecule has 3 heterocycles. The number of halogens is 1. The first kappa shape index (κ1) is 27.9. The third kappa shape index (κ3) is 5.48. The second-order valence-electron chi connectivity index (χ2n) is 9.50. The van der Waals surface area contributed by atoms with Crippen molar-refractivity contribution < 1.29 is 23.9 Å². The Balaban J connectivity index is 1.56. The molecule has 1 aromatic heterocycles. The summed E-state index contributed by atoms with van der Waals surface area (Å²) in [4.78, 5) is 43.9. The second-order valence-corrected chi connectivity index (χ2v) is 10.8. The van der Waals surface area contributed by atoms with Gasteiger partial charge in [0.15, 0.2) is 5.11 Å². The van der Waals surface area contributed by atoms with Gasteiger partial charge in [0.1, 0.15) is 24.5 Å². The number of hydrogen-bond donors (Lipinski definition) is 0. The van der Waals surface area contributed by atoms with Gasteiger partial charge < -0.3 is 23.8 Å². The number of carbonyl (C=O) groups is 3. The summed E-state index contributed by atoms with van der Waals surface area (Å²) < 4.78 is 13.2. The summed E-state index contributed by atoms with van der Waals surface area (Å²) in [6.07, 6.45) is 5.62. The lowest BCUT2D eigenvalue weighted by Gasteiger charge is -2.19. The van der Waals surface area contributed by atoms with Crippen LogP contribution in [0.2, 0.25) is 0 Å². The zero-order chi connectivity index (χ0) is 28.4. The molecule has 0 radical (unpaired) electrons. The first-order chi connectivity index (χ1) is 19.3. The minimum Gasteiger partial charge on any atom is -0.494 e. The number of benzene rings is 2. The van der Waals surface area contributed by atoms with Crippen LogP contribution in [0.3, 0.4) is 0 Å². The van der Waals surface area contributed by atoms with Crippen LogP contribution in [0.25, 0.3) is 17.0 Å². The molecule has 9 nitrogen and oxygen atoms in total. The highest BCUT2D eigenvalue weighted by Crippen LogP contribution is 2.33. The molecule has 2 aliphatic heterocycles. The van der Waals surface area contributed by atoms with E-state index in [0.717, 1.165) is 46.9 Å². The molecule has 5 rings (SSSR count). The predicted molar refractivity (Wildman–Crippen MR) is 160 cm³/mol. The molecule has 0 unspecified atom stereocenters. The van der Waals surface area contributed by atoms with Crippen LogP contribution in [-0.2, 0) is 25.7 Å². The zero-order valence-electron chi connectivity index (χ0n) is 22.3. The van der Waals surface area contributed by atoms with Crippen molar-refractivity contribution in [2.24, 2.45) is 0 Å². The van der Waals surface area contributed by atoms with Gasteiger partial charge in [-0.05, 0) is 80.5 Å². The van der Waals surface area contributed by atoms with Crippen LogP contribution in [0.4, 0.5) is 5.69 Å². The van der Waals surface area contributed by atoms with Gasteiger partial charge in [0.25, 0.3) is 5.91 Å². The van der Waals surface area contributed by atoms with Crippen molar-refractivity contribution in [3.05, 3.63) is 64.4 Å². The molecule has 208 valence electrons. The largest absolute Gasteiger partial charge is 0.494 e. The van der Waals surface area contributed by atoms with Gasteiger partial charge in [-0.1, -0.05) is 15.9 Å². The van der Waals surface area contributed by atoms with Gasteiger partial charge in [0.2, 0.25) is 5.91 Å². The Morgan fingerprint density at radius 1 is 1.07 bits per heavy atom. The van der Waals surface area contributed by atoms with Crippen molar-refractivity contribution >= 4 is 73.7 Å². The molecule has 11 heteroatoms. The summed E-state index contributed by atoms with van der Waals surface area (Å²) in [7, 11) is 1.29. The summed E-state index contributed by atoms with van der Waals surface area (Å²) >= 11 is 9.24. The Bertz CT molecular complexity index is 1510. The van der Waals surface area contributed by atoms with E-state index in [1.807, 2.05) is 40.8 Å². The number of ether oxygens (including phenoxy) is 2. The van der Waals surface area contributed by atoms with Gasteiger partial charge in [-0.15, -0.1) is 0 Å². The second kappa shape index (κ2) is 11.8. The summed E-state index contributed by atoms with van der Waals surface area (Å²) in [6.45, 7) is 3.93. The Morgan fingerprint density at radius 2 is 1.80 bits per heavy atom. The van der Waals surface area contributed by atoms with E-state index in [4.69, 9.17) is 21.7 Å². The van der Waals surface area contributed by atoms with Crippen LogP contribution in [0.5, 0.6) is 5.75 Å². The van der Waals surface area contributed by atoms with Crippen molar-refractivity contribution in [2.75, 3.05) is 38.3 Å². The number of amides is 2. The molecule has 2 amide bonds. The Labute approximate surface area is 246 Å². The van der Waals surface area contributed by atoms with E-state index in [0.29, 0.717) is 18.0 Å². The Hall–Kier alpha value is -3.70. The maximum Gasteiger partial charge on any atom is 0.325 e. The van der Waals surface area contributed by atoms with Crippen molar-refractivity contribution in [1.82, 2.24) is 14.4 Å². The molecular formula is C29H29BrN4O5S.